The molecule has 1 aromatic heterocycles. The molecule has 0 spiro atoms. The van der Waals surface area contributed by atoms with Crippen LogP contribution in [0.15, 0.2) is 11.4 Å². The average molecular weight is 288 g/mol. The molecule has 1 aromatic rings. The summed E-state index contributed by atoms with van der Waals surface area (Å²) in [5.74, 6) is 0. The summed E-state index contributed by atoms with van der Waals surface area (Å²) in [6.07, 6.45) is 3.96. The van der Waals surface area contributed by atoms with Gasteiger partial charge in [-0.15, -0.1) is 11.3 Å². The van der Waals surface area contributed by atoms with E-state index in [2.05, 4.69) is 39.2 Å². The molecule has 1 unspecified atom stereocenters. The Balaban J connectivity index is 1.88. The zero-order valence-corrected chi connectivity index (χ0v) is 11.6. The molecule has 1 atom stereocenters. The van der Waals surface area contributed by atoms with Crippen molar-refractivity contribution in [1.29, 1.82) is 0 Å². The minimum absolute atomic E-state index is 0.742. The molecule has 2 rings (SSSR count). The molecule has 0 aliphatic carbocycles. The van der Waals surface area contributed by atoms with Crippen LogP contribution in [-0.2, 0) is 6.54 Å². The molecule has 1 fully saturated rings. The lowest BCUT2D eigenvalue weighted by Crippen LogP contribution is -2.24. The van der Waals surface area contributed by atoms with E-state index in [4.69, 9.17) is 0 Å². The van der Waals surface area contributed by atoms with E-state index in [0.717, 1.165) is 11.4 Å². The summed E-state index contributed by atoms with van der Waals surface area (Å²) in [7, 11) is 0. The highest BCUT2D eigenvalue weighted by Crippen LogP contribution is 2.20. The van der Waals surface area contributed by atoms with Crippen LogP contribution in [0.25, 0.3) is 0 Å². The molecule has 15 heavy (non-hydrogen) atoms. The second kappa shape index (κ2) is 5.46. The summed E-state index contributed by atoms with van der Waals surface area (Å²) in [4.78, 5) is 4.76. The van der Waals surface area contributed by atoms with E-state index in [-0.39, 0.29) is 0 Å². The fourth-order valence-electron chi connectivity index (χ4n) is 2.11. The lowest BCUT2D eigenvalue weighted by atomic mass is 10.2. The summed E-state index contributed by atoms with van der Waals surface area (Å²) in [6, 6.07) is 2.32. The van der Waals surface area contributed by atoms with Gasteiger partial charge in [-0.2, -0.15) is 0 Å². The van der Waals surface area contributed by atoms with E-state index in [0.29, 0.717) is 0 Å². The molecule has 1 nitrogen and oxygen atoms in total. The maximum absolute atomic E-state index is 3.73. The summed E-state index contributed by atoms with van der Waals surface area (Å²) in [5, 5.41) is 2.30. The molecule has 0 N–H and O–H groups in total. The monoisotopic (exact) mass is 287 g/mol. The van der Waals surface area contributed by atoms with Crippen LogP contribution < -0.4 is 0 Å². The number of nitrogens with zero attached hydrogens (tertiary/aromatic N) is 1. The highest BCUT2D eigenvalue weighted by atomic mass is 79.9. The number of rotatable bonds is 2. The van der Waals surface area contributed by atoms with Crippen LogP contribution in [0.2, 0.25) is 0 Å². The molecule has 0 bridgehead atoms. The first-order valence-electron chi connectivity index (χ1n) is 5.64. The van der Waals surface area contributed by atoms with E-state index < -0.39 is 0 Å². The fraction of sp³-hybridized carbons (Fsp3) is 0.667. The molecular formula is C12H18BrNS. The number of likely N-dealkylation sites (tertiary alicyclic amines) is 1. The standard InChI is InChI=1S/C12H18BrNS/c1-10-7-11(9-15-10)8-14-5-2-3-12(13)4-6-14/h7,9,12H,2-6,8H2,1H3. The maximum atomic E-state index is 3.73. The minimum atomic E-state index is 0.742. The molecule has 3 heteroatoms. The predicted octanol–water partition coefficient (Wildman–Crippen LogP) is 3.81. The Morgan fingerprint density at radius 2 is 2.33 bits per heavy atom. The third kappa shape index (κ3) is 3.58. The van der Waals surface area contributed by atoms with E-state index in [1.807, 2.05) is 11.3 Å². The Hall–Kier alpha value is 0.140. The number of alkyl halides is 1. The van der Waals surface area contributed by atoms with Crippen molar-refractivity contribution >= 4 is 27.3 Å². The van der Waals surface area contributed by atoms with E-state index in [9.17, 15) is 0 Å². The van der Waals surface area contributed by atoms with Crippen LogP contribution in [0.5, 0.6) is 0 Å². The smallest absolute Gasteiger partial charge is 0.0242 e. The van der Waals surface area contributed by atoms with Gasteiger partial charge in [0.05, 0.1) is 0 Å². The lowest BCUT2D eigenvalue weighted by molar-refractivity contribution is 0.277. The van der Waals surface area contributed by atoms with Crippen molar-refractivity contribution in [3.63, 3.8) is 0 Å². The van der Waals surface area contributed by atoms with Gasteiger partial charge in [0.15, 0.2) is 0 Å². The molecule has 0 saturated carbocycles. The van der Waals surface area contributed by atoms with Crippen molar-refractivity contribution < 1.29 is 0 Å². The molecule has 0 radical (unpaired) electrons. The van der Waals surface area contributed by atoms with Crippen molar-refractivity contribution in [2.24, 2.45) is 0 Å². The van der Waals surface area contributed by atoms with E-state index in [1.54, 1.807) is 0 Å². The Morgan fingerprint density at radius 3 is 3.07 bits per heavy atom. The maximum Gasteiger partial charge on any atom is 0.0242 e. The molecule has 84 valence electrons. The first kappa shape index (κ1) is 11.6. The van der Waals surface area contributed by atoms with Gasteiger partial charge in [0, 0.05) is 16.2 Å². The Morgan fingerprint density at radius 1 is 1.47 bits per heavy atom. The topological polar surface area (TPSA) is 3.24 Å². The van der Waals surface area contributed by atoms with E-state index in [1.165, 1.54) is 42.8 Å². The van der Waals surface area contributed by atoms with Crippen molar-refractivity contribution in [3.8, 4) is 0 Å². The summed E-state index contributed by atoms with van der Waals surface area (Å²) in [5.41, 5.74) is 1.49. The Labute approximate surface area is 105 Å². The number of halogens is 1. The predicted molar refractivity (Wildman–Crippen MR) is 70.9 cm³/mol. The largest absolute Gasteiger partial charge is 0.299 e. The molecule has 1 aliphatic rings. The van der Waals surface area contributed by atoms with Gasteiger partial charge >= 0.3 is 0 Å². The summed E-state index contributed by atoms with van der Waals surface area (Å²) < 4.78 is 0. The number of aryl methyl sites for hydroxylation is 1. The fourth-order valence-corrected chi connectivity index (χ4v) is 3.34. The van der Waals surface area contributed by atoms with Gasteiger partial charge in [-0.25, -0.2) is 0 Å². The highest BCUT2D eigenvalue weighted by molar-refractivity contribution is 9.09. The van der Waals surface area contributed by atoms with Crippen LogP contribution in [0, 0.1) is 6.92 Å². The van der Waals surface area contributed by atoms with Gasteiger partial charge < -0.3 is 0 Å². The van der Waals surface area contributed by atoms with Gasteiger partial charge in [0.2, 0.25) is 0 Å². The Bertz CT molecular complexity index is 310. The third-order valence-electron chi connectivity index (χ3n) is 2.94. The number of thiophene rings is 1. The van der Waals surface area contributed by atoms with Crippen molar-refractivity contribution in [2.45, 2.75) is 37.6 Å². The molecular weight excluding hydrogens is 270 g/mol. The summed E-state index contributed by atoms with van der Waals surface area (Å²) in [6.45, 7) is 5.83. The van der Waals surface area contributed by atoms with Gasteiger partial charge in [-0.3, -0.25) is 4.90 Å². The minimum Gasteiger partial charge on any atom is -0.299 e. The average Bonchev–Trinajstić information content (AvgIpc) is 2.48. The van der Waals surface area contributed by atoms with Crippen molar-refractivity contribution in [1.82, 2.24) is 4.90 Å². The zero-order chi connectivity index (χ0) is 10.7. The van der Waals surface area contributed by atoms with Gasteiger partial charge in [-0.05, 0) is 56.3 Å². The van der Waals surface area contributed by atoms with Crippen molar-refractivity contribution in [2.75, 3.05) is 13.1 Å². The van der Waals surface area contributed by atoms with Crippen LogP contribution in [0.4, 0.5) is 0 Å². The van der Waals surface area contributed by atoms with E-state index >= 15 is 0 Å². The lowest BCUT2D eigenvalue weighted by Gasteiger charge is -2.18. The first-order valence-corrected chi connectivity index (χ1v) is 7.44. The van der Waals surface area contributed by atoms with Gasteiger partial charge in [-0.1, -0.05) is 15.9 Å². The molecule has 1 aliphatic heterocycles. The van der Waals surface area contributed by atoms with Crippen LogP contribution in [0.3, 0.4) is 0 Å². The van der Waals surface area contributed by atoms with Crippen molar-refractivity contribution in [3.05, 3.63) is 21.9 Å². The normalized spacial score (nSPS) is 24.0. The molecule has 0 aromatic carbocycles. The van der Waals surface area contributed by atoms with Gasteiger partial charge in [0.25, 0.3) is 0 Å². The molecule has 2 heterocycles. The van der Waals surface area contributed by atoms with Crippen LogP contribution in [-0.4, -0.2) is 22.8 Å². The SMILES string of the molecule is Cc1cc(CN2CCCC(Br)CC2)cs1. The highest BCUT2D eigenvalue weighted by Gasteiger charge is 2.14. The summed E-state index contributed by atoms with van der Waals surface area (Å²) >= 11 is 5.59. The zero-order valence-electron chi connectivity index (χ0n) is 9.21. The number of hydrogen-bond donors (Lipinski definition) is 0. The van der Waals surface area contributed by atoms with Crippen LogP contribution in [0.1, 0.15) is 29.7 Å². The second-order valence-electron chi connectivity index (χ2n) is 4.37. The molecule has 0 amide bonds. The van der Waals surface area contributed by atoms with Crippen LogP contribution >= 0.6 is 27.3 Å². The second-order valence-corrected chi connectivity index (χ2v) is 6.78. The first-order chi connectivity index (χ1) is 7.24. The quantitative estimate of drug-likeness (QED) is 0.748. The number of hydrogen-bond acceptors (Lipinski definition) is 2. The van der Waals surface area contributed by atoms with Gasteiger partial charge in [0.1, 0.15) is 0 Å². The molecule has 1 saturated heterocycles. The Kier molecular flexibility index (Phi) is 4.23. The third-order valence-corrected chi connectivity index (χ3v) is 4.77.